The molecule has 1 aliphatic heterocycles. The molecule has 0 spiro atoms. The molecule has 3 rings (SSSR count). The average molecular weight is 459 g/mol. The lowest BCUT2D eigenvalue weighted by molar-refractivity contribution is -0.0440. The van der Waals surface area contributed by atoms with E-state index in [4.69, 9.17) is 9.47 Å². The Labute approximate surface area is 175 Å². The molecule has 0 saturated carbocycles. The summed E-state index contributed by atoms with van der Waals surface area (Å²) in [4.78, 5) is -0.240. The highest BCUT2D eigenvalue weighted by Crippen LogP contribution is 2.25. The third-order valence-corrected chi connectivity index (χ3v) is 7.79. The number of benzene rings is 2. The number of morpholine rings is 1. The van der Waals surface area contributed by atoms with Crippen LogP contribution >= 0.6 is 0 Å². The molecule has 11 heteroatoms. The number of nitrogens with one attached hydrogen (secondary N) is 1. The zero-order valence-electron chi connectivity index (χ0n) is 16.7. The summed E-state index contributed by atoms with van der Waals surface area (Å²) in [5.74, 6) is -0.883. The number of halogens is 1. The smallest absolute Gasteiger partial charge is 0.262 e. The Hall–Kier alpha value is -2.21. The maximum absolute atomic E-state index is 13.8. The summed E-state index contributed by atoms with van der Waals surface area (Å²) in [5.41, 5.74) is 0.147. The summed E-state index contributed by atoms with van der Waals surface area (Å²) < 4.78 is 78.6. The van der Waals surface area contributed by atoms with Crippen LogP contribution in [0.15, 0.2) is 52.3 Å². The molecule has 0 aliphatic carbocycles. The molecule has 1 heterocycles. The quantitative estimate of drug-likeness (QED) is 0.713. The molecule has 164 valence electrons. The molecule has 2 aromatic carbocycles. The number of nitrogens with zero attached hydrogens (tertiary/aromatic N) is 1. The largest absolute Gasteiger partial charge is 0.494 e. The number of hydrogen-bond donors (Lipinski definition) is 1. The standard InChI is InChI=1S/C19H23FN2O6S2/c1-13-11-22(12-14(2)28-13)30(25,26)16-6-4-15(5-7-16)21-29(23,24)17-8-9-19(27-3)18(20)10-17/h4-10,13-14,21H,11-12H2,1-3H3. The van der Waals surface area contributed by atoms with E-state index < -0.39 is 25.9 Å². The maximum Gasteiger partial charge on any atom is 0.262 e. The number of methoxy groups -OCH3 is 1. The van der Waals surface area contributed by atoms with Crippen molar-refractivity contribution in [1.82, 2.24) is 4.31 Å². The Morgan fingerprint density at radius 1 is 1.00 bits per heavy atom. The summed E-state index contributed by atoms with van der Waals surface area (Å²) in [6.07, 6.45) is -0.445. The Bertz CT molecular complexity index is 1110. The zero-order valence-corrected chi connectivity index (χ0v) is 18.3. The van der Waals surface area contributed by atoms with Crippen LogP contribution in [0.1, 0.15) is 13.8 Å². The normalized spacial score (nSPS) is 20.7. The minimum Gasteiger partial charge on any atom is -0.494 e. The van der Waals surface area contributed by atoms with Gasteiger partial charge in [-0.15, -0.1) is 0 Å². The first-order valence-electron chi connectivity index (χ1n) is 9.15. The fourth-order valence-corrected chi connectivity index (χ4v) is 5.86. The molecule has 2 aromatic rings. The summed E-state index contributed by atoms with van der Waals surface area (Å²) >= 11 is 0. The average Bonchev–Trinajstić information content (AvgIpc) is 2.67. The van der Waals surface area contributed by atoms with Gasteiger partial charge in [-0.1, -0.05) is 0 Å². The Morgan fingerprint density at radius 2 is 1.57 bits per heavy atom. The second-order valence-corrected chi connectivity index (χ2v) is 10.6. The number of hydrogen-bond acceptors (Lipinski definition) is 6. The van der Waals surface area contributed by atoms with Gasteiger partial charge in [0.1, 0.15) is 0 Å². The third kappa shape index (κ3) is 4.75. The Kier molecular flexibility index (Phi) is 6.37. The van der Waals surface area contributed by atoms with E-state index in [-0.39, 0.29) is 46.5 Å². The van der Waals surface area contributed by atoms with Crippen LogP contribution in [0.4, 0.5) is 10.1 Å². The Balaban J connectivity index is 1.79. The van der Waals surface area contributed by atoms with Crippen molar-refractivity contribution in [2.45, 2.75) is 35.8 Å². The predicted octanol–water partition coefficient (Wildman–Crippen LogP) is 2.43. The van der Waals surface area contributed by atoms with Gasteiger partial charge in [-0.3, -0.25) is 4.72 Å². The van der Waals surface area contributed by atoms with E-state index in [1.165, 1.54) is 47.8 Å². The van der Waals surface area contributed by atoms with Gasteiger partial charge in [-0.2, -0.15) is 4.31 Å². The van der Waals surface area contributed by atoms with E-state index in [0.29, 0.717) is 0 Å². The van der Waals surface area contributed by atoms with Crippen LogP contribution in [-0.2, 0) is 24.8 Å². The van der Waals surface area contributed by atoms with Gasteiger partial charge in [-0.05, 0) is 56.3 Å². The molecule has 2 unspecified atom stereocenters. The van der Waals surface area contributed by atoms with Gasteiger partial charge in [0.2, 0.25) is 10.0 Å². The molecule has 30 heavy (non-hydrogen) atoms. The lowest BCUT2D eigenvalue weighted by Crippen LogP contribution is -2.48. The van der Waals surface area contributed by atoms with Gasteiger partial charge in [0.25, 0.3) is 10.0 Å². The highest BCUT2D eigenvalue weighted by Gasteiger charge is 2.32. The van der Waals surface area contributed by atoms with Crippen molar-refractivity contribution in [3.05, 3.63) is 48.3 Å². The van der Waals surface area contributed by atoms with Crippen LogP contribution < -0.4 is 9.46 Å². The highest BCUT2D eigenvalue weighted by molar-refractivity contribution is 7.92. The lowest BCUT2D eigenvalue weighted by Gasteiger charge is -2.34. The molecule has 0 bridgehead atoms. The third-order valence-electron chi connectivity index (χ3n) is 4.56. The second-order valence-electron chi connectivity index (χ2n) is 7.01. The van der Waals surface area contributed by atoms with Gasteiger partial charge < -0.3 is 9.47 Å². The maximum atomic E-state index is 13.8. The van der Waals surface area contributed by atoms with Gasteiger partial charge in [0, 0.05) is 18.8 Å². The zero-order chi connectivity index (χ0) is 22.1. The van der Waals surface area contributed by atoms with Crippen LogP contribution in [0.5, 0.6) is 5.75 Å². The molecule has 0 aromatic heterocycles. The van der Waals surface area contributed by atoms with E-state index in [9.17, 15) is 21.2 Å². The number of sulfonamides is 2. The fourth-order valence-electron chi connectivity index (χ4n) is 3.20. The minimum absolute atomic E-state index is 0.0437. The number of anilines is 1. The van der Waals surface area contributed by atoms with Crippen molar-refractivity contribution in [2.75, 3.05) is 24.9 Å². The van der Waals surface area contributed by atoms with Crippen LogP contribution in [0.3, 0.4) is 0 Å². The van der Waals surface area contributed by atoms with E-state index in [0.717, 1.165) is 6.07 Å². The van der Waals surface area contributed by atoms with E-state index >= 15 is 0 Å². The van der Waals surface area contributed by atoms with Crippen molar-refractivity contribution in [3.8, 4) is 5.75 Å². The summed E-state index contributed by atoms with van der Waals surface area (Å²) in [7, 11) is -6.53. The Morgan fingerprint density at radius 3 is 2.10 bits per heavy atom. The highest BCUT2D eigenvalue weighted by atomic mass is 32.2. The van der Waals surface area contributed by atoms with Crippen LogP contribution in [0.25, 0.3) is 0 Å². The fraction of sp³-hybridized carbons (Fsp3) is 0.368. The summed E-state index contributed by atoms with van der Waals surface area (Å²) in [6.45, 7) is 4.09. The van der Waals surface area contributed by atoms with Crippen LogP contribution in [0, 0.1) is 5.82 Å². The van der Waals surface area contributed by atoms with E-state index in [2.05, 4.69) is 4.72 Å². The molecule has 0 radical (unpaired) electrons. The molecule has 1 N–H and O–H groups in total. The molecule has 8 nitrogen and oxygen atoms in total. The van der Waals surface area contributed by atoms with E-state index in [1.807, 2.05) is 0 Å². The monoisotopic (exact) mass is 458 g/mol. The van der Waals surface area contributed by atoms with Crippen molar-refractivity contribution < 1.29 is 30.7 Å². The molecule has 2 atom stereocenters. The van der Waals surface area contributed by atoms with E-state index in [1.54, 1.807) is 13.8 Å². The van der Waals surface area contributed by atoms with Gasteiger partial charge in [0.05, 0.1) is 29.1 Å². The molecular weight excluding hydrogens is 435 g/mol. The first-order valence-corrected chi connectivity index (χ1v) is 12.1. The molecule has 0 amide bonds. The molecule has 1 fully saturated rings. The van der Waals surface area contributed by atoms with Crippen molar-refractivity contribution in [1.29, 1.82) is 0 Å². The molecule has 1 saturated heterocycles. The number of rotatable bonds is 6. The molecule has 1 aliphatic rings. The lowest BCUT2D eigenvalue weighted by atomic mass is 10.3. The van der Waals surface area contributed by atoms with Gasteiger partial charge >= 0.3 is 0 Å². The second kappa shape index (κ2) is 8.50. The van der Waals surface area contributed by atoms with Crippen LogP contribution in [-0.4, -0.2) is 53.5 Å². The van der Waals surface area contributed by atoms with Gasteiger partial charge in [0.15, 0.2) is 11.6 Å². The summed E-state index contributed by atoms with van der Waals surface area (Å²) in [6, 6.07) is 8.61. The van der Waals surface area contributed by atoms with Crippen LogP contribution in [0.2, 0.25) is 0 Å². The summed E-state index contributed by atoms with van der Waals surface area (Å²) in [5, 5.41) is 0. The first kappa shape index (κ1) is 22.5. The molecular formula is C19H23FN2O6S2. The first-order chi connectivity index (χ1) is 14.0. The predicted molar refractivity (Wildman–Crippen MR) is 109 cm³/mol. The van der Waals surface area contributed by atoms with Crippen molar-refractivity contribution >= 4 is 25.7 Å². The SMILES string of the molecule is COc1ccc(S(=O)(=O)Nc2ccc(S(=O)(=O)N3CC(C)OC(C)C3)cc2)cc1F. The van der Waals surface area contributed by atoms with Crippen molar-refractivity contribution in [3.63, 3.8) is 0 Å². The minimum atomic E-state index is -4.07. The topological polar surface area (TPSA) is 102 Å². The number of ether oxygens (including phenoxy) is 2. The van der Waals surface area contributed by atoms with Crippen molar-refractivity contribution in [2.24, 2.45) is 0 Å². The van der Waals surface area contributed by atoms with Gasteiger partial charge in [-0.25, -0.2) is 21.2 Å².